The number of carbonyl (C=O) groups excluding carboxylic acids is 1. The van der Waals surface area contributed by atoms with Crippen molar-refractivity contribution in [2.45, 2.75) is 25.9 Å². The van der Waals surface area contributed by atoms with Crippen LogP contribution in [0.15, 0.2) is 54.9 Å². The second kappa shape index (κ2) is 7.25. The fraction of sp³-hybridized carbons (Fsp3) is 0.333. The number of benzene rings is 1. The van der Waals surface area contributed by atoms with Crippen molar-refractivity contribution in [2.75, 3.05) is 5.32 Å². The number of fused-ring (bicyclic) bond motifs is 3. The molecule has 0 bridgehead atoms. The van der Waals surface area contributed by atoms with Gasteiger partial charge in [-0.15, -0.1) is 5.10 Å². The molecular weight excluding hydrogens is 409 g/mol. The number of hydrogen-bond acceptors (Lipinski definition) is 5. The fourth-order valence-electron chi connectivity index (χ4n) is 5.34. The molecule has 6 rings (SSSR count). The zero-order chi connectivity index (χ0) is 21.8. The topological polar surface area (TPSA) is 81.4 Å². The van der Waals surface area contributed by atoms with E-state index in [0.29, 0.717) is 40.5 Å². The first-order valence-corrected chi connectivity index (χ1v) is 10.9. The summed E-state index contributed by atoms with van der Waals surface area (Å²) < 4.78 is 21.6. The highest BCUT2D eigenvalue weighted by molar-refractivity contribution is 5.91. The summed E-state index contributed by atoms with van der Waals surface area (Å²) in [6, 6.07) is 11.9. The Morgan fingerprint density at radius 3 is 2.88 bits per heavy atom. The molecule has 1 N–H and O–H groups in total. The Bertz CT molecular complexity index is 1290. The van der Waals surface area contributed by atoms with Gasteiger partial charge in [0.05, 0.1) is 11.6 Å². The zero-order valence-corrected chi connectivity index (χ0v) is 17.5. The molecule has 3 heterocycles. The molecule has 1 aromatic carbocycles. The van der Waals surface area contributed by atoms with Crippen LogP contribution in [-0.4, -0.2) is 31.6 Å². The molecular formula is C24H22FN5O2. The van der Waals surface area contributed by atoms with Crippen molar-refractivity contribution in [2.24, 2.45) is 23.7 Å². The molecule has 5 atom stereocenters. The molecule has 7 nitrogen and oxygen atoms in total. The lowest BCUT2D eigenvalue weighted by Gasteiger charge is -2.20. The van der Waals surface area contributed by atoms with Crippen LogP contribution in [0.3, 0.4) is 0 Å². The quantitative estimate of drug-likeness (QED) is 0.515. The number of hydrogen-bond donors (Lipinski definition) is 1. The highest BCUT2D eigenvalue weighted by Gasteiger charge is 2.59. The van der Waals surface area contributed by atoms with Crippen LogP contribution in [0.4, 0.5) is 10.3 Å². The van der Waals surface area contributed by atoms with Gasteiger partial charge in [0.15, 0.2) is 5.65 Å². The summed E-state index contributed by atoms with van der Waals surface area (Å²) in [5, 5.41) is 7.85. The zero-order valence-electron chi connectivity index (χ0n) is 17.5. The molecule has 4 aromatic rings. The summed E-state index contributed by atoms with van der Waals surface area (Å²) in [6.45, 7) is 1.98. The second-order valence-corrected chi connectivity index (χ2v) is 8.80. The Labute approximate surface area is 183 Å². The number of aromatic nitrogens is 4. The summed E-state index contributed by atoms with van der Waals surface area (Å²) in [4.78, 5) is 21.4. The third-order valence-electron chi connectivity index (χ3n) is 6.89. The van der Waals surface area contributed by atoms with Crippen LogP contribution < -0.4 is 10.1 Å². The van der Waals surface area contributed by atoms with Gasteiger partial charge < -0.3 is 4.74 Å². The van der Waals surface area contributed by atoms with Crippen molar-refractivity contribution >= 4 is 28.4 Å². The maximum Gasteiger partial charge on any atom is 0.249 e. The van der Waals surface area contributed by atoms with Gasteiger partial charge >= 0.3 is 0 Å². The number of ether oxygens (including phenoxy) is 1. The number of anilines is 1. The summed E-state index contributed by atoms with van der Waals surface area (Å²) >= 11 is 0. The standard InChI is InChI=1S/C24H22FN5O2/c1-13(23(31)28-24-27-21-4-2-3-9-30(21)29-24)22-16-11-15(12-17(16)22)32-20-7-8-26-19-6-5-14(25)10-18(19)20/h2-10,13,15-17,22H,11-12H2,1H3,(H,28,29,31)/t13?,15?,16-,17+,22?. The maximum absolute atomic E-state index is 13.7. The van der Waals surface area contributed by atoms with Crippen LogP contribution in [-0.2, 0) is 4.79 Å². The van der Waals surface area contributed by atoms with E-state index in [-0.39, 0.29) is 23.7 Å². The van der Waals surface area contributed by atoms with Gasteiger partial charge in [0.1, 0.15) is 11.6 Å². The normalized spacial score (nSPS) is 24.9. The molecule has 162 valence electrons. The number of pyridine rings is 2. The summed E-state index contributed by atoms with van der Waals surface area (Å²) in [5.41, 5.74) is 1.41. The largest absolute Gasteiger partial charge is 0.490 e. The van der Waals surface area contributed by atoms with Gasteiger partial charge in [0.25, 0.3) is 0 Å². The van der Waals surface area contributed by atoms with Crippen molar-refractivity contribution in [3.05, 3.63) is 60.7 Å². The smallest absolute Gasteiger partial charge is 0.249 e. The van der Waals surface area contributed by atoms with Gasteiger partial charge in [-0.2, -0.15) is 4.98 Å². The van der Waals surface area contributed by atoms with Crippen LogP contribution >= 0.6 is 0 Å². The Kier molecular flexibility index (Phi) is 4.34. The van der Waals surface area contributed by atoms with Gasteiger partial charge in [0, 0.05) is 23.7 Å². The van der Waals surface area contributed by atoms with E-state index in [9.17, 15) is 9.18 Å². The minimum atomic E-state index is -0.301. The summed E-state index contributed by atoms with van der Waals surface area (Å²) in [5.74, 6) is 1.82. The predicted molar refractivity (Wildman–Crippen MR) is 117 cm³/mol. The molecule has 2 aliphatic carbocycles. The number of rotatable bonds is 5. The lowest BCUT2D eigenvalue weighted by atomic mass is 9.97. The molecule has 2 saturated carbocycles. The van der Waals surface area contributed by atoms with E-state index in [2.05, 4.69) is 20.4 Å². The van der Waals surface area contributed by atoms with Crippen LogP contribution in [0.1, 0.15) is 19.8 Å². The van der Waals surface area contributed by atoms with E-state index in [1.54, 1.807) is 29.0 Å². The van der Waals surface area contributed by atoms with Crippen molar-refractivity contribution in [3.8, 4) is 5.75 Å². The number of carbonyl (C=O) groups is 1. The molecule has 32 heavy (non-hydrogen) atoms. The van der Waals surface area contributed by atoms with Crippen molar-refractivity contribution in [1.82, 2.24) is 19.6 Å². The van der Waals surface area contributed by atoms with Gasteiger partial charge in [-0.1, -0.05) is 13.0 Å². The molecule has 0 spiro atoms. The molecule has 3 aromatic heterocycles. The predicted octanol–water partition coefficient (Wildman–Crippen LogP) is 4.09. The van der Waals surface area contributed by atoms with E-state index >= 15 is 0 Å². The lowest BCUT2D eigenvalue weighted by molar-refractivity contribution is -0.120. The second-order valence-electron chi connectivity index (χ2n) is 8.80. The minimum Gasteiger partial charge on any atom is -0.490 e. The van der Waals surface area contributed by atoms with Gasteiger partial charge in [-0.25, -0.2) is 8.91 Å². The fourth-order valence-corrected chi connectivity index (χ4v) is 5.34. The minimum absolute atomic E-state index is 0.0478. The molecule has 2 fully saturated rings. The Balaban J connectivity index is 1.08. The first kappa shape index (κ1) is 19.2. The molecule has 0 radical (unpaired) electrons. The molecule has 3 unspecified atom stereocenters. The SMILES string of the molecule is CC(C(=O)Nc1nc2ccccn2n1)C1[C@H]2CC(Oc3ccnc4ccc(F)cc34)C[C@@H]12. The molecule has 8 heteroatoms. The molecule has 1 amide bonds. The summed E-state index contributed by atoms with van der Waals surface area (Å²) in [7, 11) is 0. The van der Waals surface area contributed by atoms with E-state index in [0.717, 1.165) is 18.4 Å². The van der Waals surface area contributed by atoms with Crippen LogP contribution in [0, 0.1) is 29.5 Å². The van der Waals surface area contributed by atoms with E-state index in [1.165, 1.54) is 12.1 Å². The van der Waals surface area contributed by atoms with Gasteiger partial charge in [-0.05, 0) is 67.0 Å². The maximum atomic E-state index is 13.7. The third-order valence-corrected chi connectivity index (χ3v) is 6.89. The van der Waals surface area contributed by atoms with Crippen LogP contribution in [0.2, 0.25) is 0 Å². The summed E-state index contributed by atoms with van der Waals surface area (Å²) in [6.07, 6.45) is 5.36. The van der Waals surface area contributed by atoms with Crippen LogP contribution in [0.5, 0.6) is 5.75 Å². The average Bonchev–Trinajstić information content (AvgIpc) is 3.10. The van der Waals surface area contributed by atoms with E-state index in [4.69, 9.17) is 4.74 Å². The first-order chi connectivity index (χ1) is 15.6. The first-order valence-electron chi connectivity index (χ1n) is 10.9. The number of halogens is 1. The Morgan fingerprint density at radius 1 is 1.22 bits per heavy atom. The number of nitrogens with zero attached hydrogens (tertiary/aromatic N) is 4. The van der Waals surface area contributed by atoms with Crippen molar-refractivity contribution in [3.63, 3.8) is 0 Å². The Morgan fingerprint density at radius 2 is 2.06 bits per heavy atom. The van der Waals surface area contributed by atoms with Crippen molar-refractivity contribution in [1.29, 1.82) is 0 Å². The number of nitrogens with one attached hydrogen (secondary N) is 1. The monoisotopic (exact) mass is 431 g/mol. The van der Waals surface area contributed by atoms with Crippen molar-refractivity contribution < 1.29 is 13.9 Å². The number of amides is 1. The van der Waals surface area contributed by atoms with Gasteiger partial charge in [0.2, 0.25) is 11.9 Å². The van der Waals surface area contributed by atoms with Crippen LogP contribution in [0.25, 0.3) is 16.6 Å². The van der Waals surface area contributed by atoms with E-state index < -0.39 is 0 Å². The highest BCUT2D eigenvalue weighted by atomic mass is 19.1. The highest BCUT2D eigenvalue weighted by Crippen LogP contribution is 2.61. The third kappa shape index (κ3) is 3.26. The average molecular weight is 431 g/mol. The molecule has 0 aliphatic heterocycles. The van der Waals surface area contributed by atoms with Gasteiger partial charge in [-0.3, -0.25) is 15.1 Å². The lowest BCUT2D eigenvalue weighted by Crippen LogP contribution is -2.26. The van der Waals surface area contributed by atoms with E-state index in [1.807, 2.05) is 25.1 Å². The molecule has 0 saturated heterocycles. The molecule has 2 aliphatic rings. The Hall–Kier alpha value is -3.55.